The zero-order chi connectivity index (χ0) is 8.01. The molecule has 1 N–H and O–H groups in total. The number of aliphatic carboxylic acids is 1. The predicted molar refractivity (Wildman–Crippen MR) is 35.9 cm³/mol. The highest BCUT2D eigenvalue weighted by Gasteiger charge is 2.48. The maximum atomic E-state index is 10.9. The molecule has 4 nitrogen and oxygen atoms in total. The van der Waals surface area contributed by atoms with E-state index in [1.54, 1.807) is 0 Å². The molecular weight excluding hydrogens is 146 g/mol. The molecule has 2 saturated heterocycles. The Hall–Kier alpha value is -1.06. The van der Waals surface area contributed by atoms with Crippen molar-refractivity contribution in [2.45, 2.75) is 31.3 Å². The van der Waals surface area contributed by atoms with Gasteiger partial charge in [0.25, 0.3) is 0 Å². The standard InChI is InChI=1S/C7H9NO3/c9-6-3-4-1-2-5(7(10)11)8(4)6/h4-5H,1-3H2,(H,10,11)/t4-,5-/m1/s1. The van der Waals surface area contributed by atoms with Crippen LogP contribution in [-0.4, -0.2) is 34.0 Å². The van der Waals surface area contributed by atoms with Crippen LogP contribution in [0, 0.1) is 0 Å². The van der Waals surface area contributed by atoms with Gasteiger partial charge in [-0.2, -0.15) is 0 Å². The van der Waals surface area contributed by atoms with Gasteiger partial charge in [-0.15, -0.1) is 0 Å². The Labute approximate surface area is 63.8 Å². The monoisotopic (exact) mass is 155 g/mol. The number of β-lactam (4-membered cyclic amide) rings is 1. The maximum absolute atomic E-state index is 10.9. The van der Waals surface area contributed by atoms with Crippen molar-refractivity contribution < 1.29 is 14.7 Å². The molecule has 4 heteroatoms. The molecule has 0 aromatic carbocycles. The minimum absolute atomic E-state index is 0.0000926. The third kappa shape index (κ3) is 0.751. The van der Waals surface area contributed by atoms with Crippen molar-refractivity contribution in [2.24, 2.45) is 0 Å². The summed E-state index contributed by atoms with van der Waals surface area (Å²) in [7, 11) is 0. The van der Waals surface area contributed by atoms with Crippen molar-refractivity contribution in [3.05, 3.63) is 0 Å². The maximum Gasteiger partial charge on any atom is 0.326 e. The molecule has 2 aliphatic rings. The van der Waals surface area contributed by atoms with Gasteiger partial charge in [0.2, 0.25) is 5.91 Å². The zero-order valence-electron chi connectivity index (χ0n) is 5.99. The number of hydrogen-bond acceptors (Lipinski definition) is 2. The number of rotatable bonds is 1. The highest BCUT2D eigenvalue weighted by atomic mass is 16.4. The van der Waals surface area contributed by atoms with E-state index in [-0.39, 0.29) is 11.9 Å². The van der Waals surface area contributed by atoms with Crippen molar-refractivity contribution >= 4 is 11.9 Å². The average molecular weight is 155 g/mol. The summed E-state index contributed by atoms with van der Waals surface area (Å²) < 4.78 is 0. The van der Waals surface area contributed by atoms with E-state index in [0.717, 1.165) is 6.42 Å². The minimum atomic E-state index is -0.861. The quantitative estimate of drug-likeness (QED) is 0.535. The largest absolute Gasteiger partial charge is 0.480 e. The van der Waals surface area contributed by atoms with Crippen LogP contribution in [-0.2, 0) is 9.59 Å². The molecule has 1 amide bonds. The first-order valence-corrected chi connectivity index (χ1v) is 3.74. The number of carboxylic acid groups (broad SMARTS) is 1. The van der Waals surface area contributed by atoms with Gasteiger partial charge in [0, 0.05) is 12.5 Å². The van der Waals surface area contributed by atoms with Gasteiger partial charge in [0.05, 0.1) is 0 Å². The number of nitrogens with zero attached hydrogens (tertiary/aromatic N) is 1. The molecule has 0 radical (unpaired) electrons. The Bertz CT molecular complexity index is 218. The number of carboxylic acids is 1. The van der Waals surface area contributed by atoms with Crippen LogP contribution in [0.3, 0.4) is 0 Å². The van der Waals surface area contributed by atoms with E-state index in [4.69, 9.17) is 5.11 Å². The zero-order valence-corrected chi connectivity index (χ0v) is 5.99. The van der Waals surface area contributed by atoms with Crippen LogP contribution in [0.4, 0.5) is 0 Å². The van der Waals surface area contributed by atoms with Crippen LogP contribution in [0.2, 0.25) is 0 Å². The summed E-state index contributed by atoms with van der Waals surface area (Å²) in [6.45, 7) is 0. The number of carbonyl (C=O) groups is 2. The van der Waals surface area contributed by atoms with Crippen LogP contribution >= 0.6 is 0 Å². The molecule has 2 atom stereocenters. The fourth-order valence-corrected chi connectivity index (χ4v) is 1.90. The molecule has 0 aromatic heterocycles. The molecule has 60 valence electrons. The summed E-state index contributed by atoms with van der Waals surface area (Å²) in [4.78, 5) is 22.9. The summed E-state index contributed by atoms with van der Waals surface area (Å²) in [6.07, 6.45) is 2.05. The molecule has 0 saturated carbocycles. The Morgan fingerprint density at radius 1 is 1.55 bits per heavy atom. The molecule has 0 bridgehead atoms. The van der Waals surface area contributed by atoms with Crippen LogP contribution in [0.5, 0.6) is 0 Å². The first kappa shape index (κ1) is 6.64. The lowest BCUT2D eigenvalue weighted by Gasteiger charge is -2.36. The number of hydrogen-bond donors (Lipinski definition) is 1. The van der Waals surface area contributed by atoms with Gasteiger partial charge in [0.1, 0.15) is 6.04 Å². The van der Waals surface area contributed by atoms with E-state index >= 15 is 0 Å². The van der Waals surface area contributed by atoms with E-state index in [9.17, 15) is 9.59 Å². The third-order valence-corrected chi connectivity index (χ3v) is 2.49. The Kier molecular flexibility index (Phi) is 1.19. The van der Waals surface area contributed by atoms with Gasteiger partial charge in [0.15, 0.2) is 0 Å². The van der Waals surface area contributed by atoms with Crippen molar-refractivity contribution in [3.8, 4) is 0 Å². The predicted octanol–water partition coefficient (Wildman–Crippen LogP) is -0.166. The SMILES string of the molecule is O=C(O)[C@H]1CC[C@@H]2CC(=O)N21. The summed E-state index contributed by atoms with van der Waals surface area (Å²) in [5.41, 5.74) is 0. The Morgan fingerprint density at radius 3 is 2.73 bits per heavy atom. The molecule has 0 aromatic rings. The van der Waals surface area contributed by atoms with Gasteiger partial charge in [-0.25, -0.2) is 4.79 Å². The molecule has 0 unspecified atom stereocenters. The van der Waals surface area contributed by atoms with Crippen LogP contribution in [0.25, 0.3) is 0 Å². The van der Waals surface area contributed by atoms with Crippen molar-refractivity contribution in [3.63, 3.8) is 0 Å². The molecule has 2 heterocycles. The topological polar surface area (TPSA) is 57.6 Å². The van der Waals surface area contributed by atoms with Crippen LogP contribution in [0.15, 0.2) is 0 Å². The second kappa shape index (κ2) is 1.96. The highest BCUT2D eigenvalue weighted by molar-refractivity contribution is 5.89. The van der Waals surface area contributed by atoms with Gasteiger partial charge < -0.3 is 10.0 Å². The second-order valence-electron chi connectivity index (χ2n) is 3.09. The van der Waals surface area contributed by atoms with E-state index in [1.807, 2.05) is 0 Å². The van der Waals surface area contributed by atoms with E-state index in [0.29, 0.717) is 12.8 Å². The molecule has 0 spiro atoms. The Balaban J connectivity index is 2.14. The fraction of sp³-hybridized carbons (Fsp3) is 0.714. The van der Waals surface area contributed by atoms with Crippen LogP contribution in [0.1, 0.15) is 19.3 Å². The molecule has 2 aliphatic heterocycles. The average Bonchev–Trinajstić information content (AvgIpc) is 2.25. The molecule has 2 rings (SSSR count). The second-order valence-corrected chi connectivity index (χ2v) is 3.09. The van der Waals surface area contributed by atoms with Crippen molar-refractivity contribution in [2.75, 3.05) is 0 Å². The number of carbonyl (C=O) groups excluding carboxylic acids is 1. The summed E-state index contributed by atoms with van der Waals surface area (Å²) in [6, 6.07) is -0.287. The molecule has 0 aliphatic carbocycles. The minimum Gasteiger partial charge on any atom is -0.480 e. The summed E-state index contributed by atoms with van der Waals surface area (Å²) in [5, 5.41) is 8.66. The normalized spacial score (nSPS) is 34.9. The lowest BCUT2D eigenvalue weighted by atomic mass is 10.0. The summed E-state index contributed by atoms with van der Waals surface area (Å²) in [5.74, 6) is -0.861. The highest BCUT2D eigenvalue weighted by Crippen LogP contribution is 2.34. The van der Waals surface area contributed by atoms with Crippen molar-refractivity contribution in [1.82, 2.24) is 4.90 Å². The van der Waals surface area contributed by atoms with E-state index < -0.39 is 12.0 Å². The number of amides is 1. The first-order valence-electron chi connectivity index (χ1n) is 3.74. The van der Waals surface area contributed by atoms with Gasteiger partial charge in [-0.3, -0.25) is 4.79 Å². The molecule has 2 fully saturated rings. The van der Waals surface area contributed by atoms with Gasteiger partial charge in [-0.1, -0.05) is 0 Å². The Morgan fingerprint density at radius 2 is 2.27 bits per heavy atom. The fourth-order valence-electron chi connectivity index (χ4n) is 1.90. The van der Waals surface area contributed by atoms with Gasteiger partial charge >= 0.3 is 5.97 Å². The van der Waals surface area contributed by atoms with Gasteiger partial charge in [-0.05, 0) is 12.8 Å². The summed E-state index contributed by atoms with van der Waals surface area (Å²) >= 11 is 0. The molecule has 11 heavy (non-hydrogen) atoms. The lowest BCUT2D eigenvalue weighted by molar-refractivity contribution is -0.156. The first-order chi connectivity index (χ1) is 5.20. The molecular formula is C7H9NO3. The van der Waals surface area contributed by atoms with Crippen LogP contribution < -0.4 is 0 Å². The van der Waals surface area contributed by atoms with E-state index in [2.05, 4.69) is 0 Å². The van der Waals surface area contributed by atoms with E-state index in [1.165, 1.54) is 4.90 Å². The third-order valence-electron chi connectivity index (χ3n) is 2.49. The number of fused-ring (bicyclic) bond motifs is 1. The lowest BCUT2D eigenvalue weighted by Crippen LogP contribution is -2.54. The smallest absolute Gasteiger partial charge is 0.326 e. The van der Waals surface area contributed by atoms with Crippen molar-refractivity contribution in [1.29, 1.82) is 0 Å².